The lowest BCUT2D eigenvalue weighted by Gasteiger charge is -2.05. The van der Waals surface area contributed by atoms with Gasteiger partial charge in [-0.1, -0.05) is 11.8 Å². The van der Waals surface area contributed by atoms with Crippen molar-refractivity contribution in [1.82, 2.24) is 0 Å². The average Bonchev–Trinajstić information content (AvgIpc) is 2.65. The maximum Gasteiger partial charge on any atom is 0.423 e. The summed E-state index contributed by atoms with van der Waals surface area (Å²) in [5.41, 5.74) is -8.27. The fourth-order valence-corrected chi connectivity index (χ4v) is 3.44. The summed E-state index contributed by atoms with van der Waals surface area (Å²) in [6.07, 6.45) is 0. The number of hydrogen-bond donors (Lipinski definition) is 0. The number of nitro benzene ring substituents is 6. The molecule has 0 aliphatic rings. The van der Waals surface area contributed by atoms with E-state index in [0.717, 1.165) is 0 Å². The van der Waals surface area contributed by atoms with Crippen LogP contribution in [0.4, 0.5) is 34.1 Å². The van der Waals surface area contributed by atoms with Gasteiger partial charge in [0.1, 0.15) is 0 Å². The molecule has 2 rings (SSSR count). The molecule has 0 atom stereocenters. The molecular formula is C12H4N6O12S. The summed E-state index contributed by atoms with van der Waals surface area (Å²) in [5.74, 6) is 0. The Morgan fingerprint density at radius 1 is 0.452 bits per heavy atom. The Morgan fingerprint density at radius 2 is 0.742 bits per heavy atom. The molecule has 160 valence electrons. The van der Waals surface area contributed by atoms with Crippen LogP contribution in [-0.4, -0.2) is 29.5 Å². The van der Waals surface area contributed by atoms with Crippen LogP contribution in [0.15, 0.2) is 34.1 Å². The van der Waals surface area contributed by atoms with Gasteiger partial charge in [-0.05, 0) is 12.1 Å². The van der Waals surface area contributed by atoms with Crippen molar-refractivity contribution in [1.29, 1.82) is 0 Å². The van der Waals surface area contributed by atoms with Crippen molar-refractivity contribution in [3.63, 3.8) is 0 Å². The quantitative estimate of drug-likeness (QED) is 0.408. The minimum atomic E-state index is -1.51. The molecule has 0 radical (unpaired) electrons. The van der Waals surface area contributed by atoms with Crippen LogP contribution < -0.4 is 0 Å². The highest BCUT2D eigenvalue weighted by Gasteiger charge is 2.42. The normalized spacial score (nSPS) is 10.3. The Balaban J connectivity index is 2.86. The first-order chi connectivity index (χ1) is 14.4. The van der Waals surface area contributed by atoms with Gasteiger partial charge in [0.15, 0.2) is 0 Å². The minimum absolute atomic E-state index is 0.0641. The molecule has 0 fully saturated rings. The van der Waals surface area contributed by atoms with Gasteiger partial charge in [0.25, 0.3) is 0 Å². The Bertz CT molecular complexity index is 1110. The fraction of sp³-hybridized carbons (Fsp3) is 0. The van der Waals surface area contributed by atoms with Crippen LogP contribution in [0.3, 0.4) is 0 Å². The molecule has 0 unspecified atom stereocenters. The Kier molecular flexibility index (Phi) is 6.00. The molecule has 0 bridgehead atoms. The molecule has 2 aromatic carbocycles. The van der Waals surface area contributed by atoms with Crippen molar-refractivity contribution in [2.24, 2.45) is 0 Å². The predicted molar refractivity (Wildman–Crippen MR) is 96.9 cm³/mol. The van der Waals surface area contributed by atoms with Crippen LogP contribution in [-0.2, 0) is 0 Å². The van der Waals surface area contributed by atoms with Gasteiger partial charge in [0.2, 0.25) is 0 Å². The third-order valence-corrected chi connectivity index (χ3v) is 4.63. The van der Waals surface area contributed by atoms with E-state index >= 15 is 0 Å². The van der Waals surface area contributed by atoms with E-state index in [1.165, 1.54) is 0 Å². The van der Waals surface area contributed by atoms with Crippen molar-refractivity contribution in [2.75, 3.05) is 0 Å². The van der Waals surface area contributed by atoms with Gasteiger partial charge in [-0.15, -0.1) is 0 Å². The summed E-state index contributed by atoms with van der Waals surface area (Å²) in [5, 5.41) is 67.1. The lowest BCUT2D eigenvalue weighted by Crippen LogP contribution is -2.04. The number of hydrogen-bond acceptors (Lipinski definition) is 13. The van der Waals surface area contributed by atoms with Crippen LogP contribution in [0.5, 0.6) is 0 Å². The van der Waals surface area contributed by atoms with Gasteiger partial charge in [0, 0.05) is 12.1 Å². The van der Waals surface area contributed by atoms with E-state index < -0.39 is 73.5 Å². The highest BCUT2D eigenvalue weighted by molar-refractivity contribution is 7.99. The van der Waals surface area contributed by atoms with E-state index in [1.54, 1.807) is 0 Å². The van der Waals surface area contributed by atoms with Crippen molar-refractivity contribution < 1.29 is 29.5 Å². The summed E-state index contributed by atoms with van der Waals surface area (Å²) < 4.78 is 0. The maximum absolute atomic E-state index is 11.4. The third kappa shape index (κ3) is 4.14. The molecule has 18 nitrogen and oxygen atoms in total. The molecule has 0 heterocycles. The van der Waals surface area contributed by atoms with E-state index in [4.69, 9.17) is 0 Å². The van der Waals surface area contributed by atoms with Crippen LogP contribution in [0.2, 0.25) is 0 Å². The molecule has 31 heavy (non-hydrogen) atoms. The summed E-state index contributed by atoms with van der Waals surface area (Å²) in [6, 6.07) is 2.45. The second kappa shape index (κ2) is 8.28. The predicted octanol–water partition coefficient (Wildman–Crippen LogP) is 3.29. The Labute approximate surface area is 171 Å². The zero-order valence-corrected chi connectivity index (χ0v) is 15.1. The second-order valence-electron chi connectivity index (χ2n) is 5.20. The monoisotopic (exact) mass is 456 g/mol. The summed E-state index contributed by atoms with van der Waals surface area (Å²) >= 11 is 0.0641. The topological polar surface area (TPSA) is 259 Å². The van der Waals surface area contributed by atoms with Gasteiger partial charge in [-0.3, -0.25) is 60.7 Å². The SMILES string of the molecule is O=[N+]([O-])c1ccc(Sc2ccc([N+](=O)[O-])c([N+](=O)[O-])c2[N+](=O)[O-])c([N+](=O)[O-])c1[N+](=O)[O-]. The lowest BCUT2D eigenvalue weighted by molar-refractivity contribution is -0.442. The first-order valence-electron chi connectivity index (χ1n) is 7.26. The van der Waals surface area contributed by atoms with Gasteiger partial charge in [-0.2, -0.15) is 0 Å². The van der Waals surface area contributed by atoms with Gasteiger partial charge < -0.3 is 0 Å². The van der Waals surface area contributed by atoms with Crippen LogP contribution >= 0.6 is 11.8 Å². The molecule has 0 aromatic heterocycles. The first-order valence-corrected chi connectivity index (χ1v) is 8.08. The number of rotatable bonds is 8. The largest absolute Gasteiger partial charge is 0.423 e. The molecule has 0 saturated carbocycles. The lowest BCUT2D eigenvalue weighted by atomic mass is 10.2. The second-order valence-corrected chi connectivity index (χ2v) is 6.29. The molecule has 0 spiro atoms. The van der Waals surface area contributed by atoms with Crippen LogP contribution in [0, 0.1) is 60.7 Å². The fourth-order valence-electron chi connectivity index (χ4n) is 2.39. The molecule has 0 amide bonds. The summed E-state index contributed by atoms with van der Waals surface area (Å²) in [6.45, 7) is 0. The molecule has 19 heteroatoms. The summed E-state index contributed by atoms with van der Waals surface area (Å²) in [7, 11) is 0. The Morgan fingerprint density at radius 3 is 0.968 bits per heavy atom. The van der Waals surface area contributed by atoms with Crippen molar-refractivity contribution in [3.8, 4) is 0 Å². The zero-order valence-electron chi connectivity index (χ0n) is 14.3. The zero-order chi connectivity index (χ0) is 23.6. The van der Waals surface area contributed by atoms with Gasteiger partial charge in [0.05, 0.1) is 39.3 Å². The maximum atomic E-state index is 11.4. The number of benzene rings is 2. The minimum Gasteiger partial charge on any atom is -0.258 e. The third-order valence-electron chi connectivity index (χ3n) is 3.53. The van der Waals surface area contributed by atoms with Crippen molar-refractivity contribution in [2.45, 2.75) is 9.79 Å². The van der Waals surface area contributed by atoms with E-state index in [1.807, 2.05) is 0 Å². The van der Waals surface area contributed by atoms with E-state index in [-0.39, 0.29) is 11.8 Å². The standard InChI is InChI=1S/C12H4N6O12S/c19-13(20)5-1-3-7(11(17(27)28)9(5)15(23)24)31-8-4-2-6(14(21)22)10(16(25)26)12(8)18(29)30/h1-4H. The molecular weight excluding hydrogens is 452 g/mol. The number of nitrogens with zero attached hydrogens (tertiary/aromatic N) is 6. The Hall–Kier alpha value is -4.81. The molecule has 0 aliphatic heterocycles. The highest BCUT2D eigenvalue weighted by atomic mass is 32.2. The van der Waals surface area contributed by atoms with Crippen molar-refractivity contribution >= 4 is 45.9 Å². The molecule has 2 aromatic rings. The average molecular weight is 456 g/mol. The first kappa shape index (κ1) is 22.5. The van der Waals surface area contributed by atoms with E-state index in [0.29, 0.717) is 24.3 Å². The smallest absolute Gasteiger partial charge is 0.258 e. The van der Waals surface area contributed by atoms with Gasteiger partial charge >= 0.3 is 34.1 Å². The molecule has 0 N–H and O–H groups in total. The van der Waals surface area contributed by atoms with Crippen LogP contribution in [0.1, 0.15) is 0 Å². The van der Waals surface area contributed by atoms with Crippen LogP contribution in [0.25, 0.3) is 0 Å². The molecule has 0 saturated heterocycles. The van der Waals surface area contributed by atoms with E-state index in [9.17, 15) is 60.7 Å². The molecule has 0 aliphatic carbocycles. The number of nitro groups is 6. The summed E-state index contributed by atoms with van der Waals surface area (Å²) in [4.78, 5) is 57.8. The van der Waals surface area contributed by atoms with Crippen molar-refractivity contribution in [3.05, 3.63) is 85.0 Å². The van der Waals surface area contributed by atoms with Gasteiger partial charge in [-0.25, -0.2) is 0 Å². The highest BCUT2D eigenvalue weighted by Crippen LogP contribution is 2.49. The van der Waals surface area contributed by atoms with E-state index in [2.05, 4.69) is 0 Å².